The summed E-state index contributed by atoms with van der Waals surface area (Å²) in [6.07, 6.45) is 1.77. The number of amides is 1. The molecule has 0 saturated carbocycles. The molecule has 0 radical (unpaired) electrons. The van der Waals surface area contributed by atoms with Crippen LogP contribution >= 0.6 is 0 Å². The first-order valence-corrected chi connectivity index (χ1v) is 8.51. The number of carbonyl (C=O) groups is 3. The van der Waals surface area contributed by atoms with Gasteiger partial charge in [0.05, 0.1) is 13.2 Å². The van der Waals surface area contributed by atoms with Crippen LogP contribution in [0.25, 0.3) is 10.9 Å². The molecule has 1 N–H and O–H groups in total. The molecule has 7 heteroatoms. The highest BCUT2D eigenvalue weighted by atomic mass is 16.6. The minimum Gasteiger partial charge on any atom is -0.464 e. The number of ether oxygens (including phenoxy) is 2. The average Bonchev–Trinajstić information content (AvgIpc) is 2.90. The summed E-state index contributed by atoms with van der Waals surface area (Å²) in [5.41, 5.74) is -0.244. The van der Waals surface area contributed by atoms with Gasteiger partial charge in [-0.25, -0.2) is 9.59 Å². The summed E-state index contributed by atoms with van der Waals surface area (Å²) >= 11 is 0. The van der Waals surface area contributed by atoms with Crippen LogP contribution < -0.4 is 5.32 Å². The molecule has 0 unspecified atom stereocenters. The molecule has 140 valence electrons. The lowest BCUT2D eigenvalue weighted by atomic mass is 9.90. The lowest BCUT2D eigenvalue weighted by Crippen LogP contribution is -2.62. The van der Waals surface area contributed by atoms with Crippen LogP contribution in [0.4, 0.5) is 0 Å². The van der Waals surface area contributed by atoms with E-state index in [0.717, 1.165) is 16.5 Å². The summed E-state index contributed by atoms with van der Waals surface area (Å²) in [5, 5.41) is 3.38. The van der Waals surface area contributed by atoms with Crippen LogP contribution in [0.15, 0.2) is 30.5 Å². The molecule has 0 atom stereocenters. The smallest absolute Gasteiger partial charge is 0.344 e. The molecule has 0 bridgehead atoms. The van der Waals surface area contributed by atoms with Gasteiger partial charge in [-0.15, -0.1) is 0 Å². The van der Waals surface area contributed by atoms with E-state index in [0.29, 0.717) is 0 Å². The first kappa shape index (κ1) is 19.5. The van der Waals surface area contributed by atoms with E-state index in [1.807, 2.05) is 42.1 Å². The number of hydrogen-bond donors (Lipinski definition) is 1. The third kappa shape index (κ3) is 3.71. The van der Waals surface area contributed by atoms with Gasteiger partial charge in [0.2, 0.25) is 11.4 Å². The van der Waals surface area contributed by atoms with E-state index in [4.69, 9.17) is 9.47 Å². The maximum Gasteiger partial charge on any atom is 0.344 e. The van der Waals surface area contributed by atoms with Gasteiger partial charge in [0.25, 0.3) is 0 Å². The maximum atomic E-state index is 12.7. The second kappa shape index (κ2) is 8.03. The SMILES string of the molecule is CCOC(=O)C(Cc1cn(C)c2ccccc12)(NC(C)=O)C(=O)OCC. The van der Waals surface area contributed by atoms with Crippen molar-refractivity contribution in [3.05, 3.63) is 36.0 Å². The zero-order chi connectivity index (χ0) is 19.3. The van der Waals surface area contributed by atoms with Crippen LogP contribution in [-0.4, -0.2) is 41.2 Å². The molecule has 1 aromatic heterocycles. The molecule has 0 aliphatic carbocycles. The van der Waals surface area contributed by atoms with E-state index in [1.54, 1.807) is 13.8 Å². The third-order valence-corrected chi connectivity index (χ3v) is 4.07. The fourth-order valence-electron chi connectivity index (χ4n) is 3.04. The number of esters is 2. The second-order valence-electron chi connectivity index (χ2n) is 5.99. The van der Waals surface area contributed by atoms with E-state index >= 15 is 0 Å². The molecular weight excluding hydrogens is 336 g/mol. The summed E-state index contributed by atoms with van der Waals surface area (Å²) in [5.74, 6) is -2.19. The molecule has 1 heterocycles. The van der Waals surface area contributed by atoms with Crippen molar-refractivity contribution < 1.29 is 23.9 Å². The van der Waals surface area contributed by atoms with Gasteiger partial charge in [0, 0.05) is 37.5 Å². The van der Waals surface area contributed by atoms with Crippen LogP contribution in [-0.2, 0) is 37.3 Å². The molecule has 26 heavy (non-hydrogen) atoms. The number of rotatable bonds is 7. The zero-order valence-electron chi connectivity index (χ0n) is 15.5. The van der Waals surface area contributed by atoms with E-state index in [-0.39, 0.29) is 19.6 Å². The Hall–Kier alpha value is -2.83. The molecule has 0 saturated heterocycles. The van der Waals surface area contributed by atoms with Gasteiger partial charge in [0.1, 0.15) is 0 Å². The number of para-hydroxylation sites is 1. The maximum absolute atomic E-state index is 12.7. The van der Waals surface area contributed by atoms with Crippen LogP contribution in [0, 0.1) is 0 Å². The molecule has 1 aromatic carbocycles. The Balaban J connectivity index is 2.58. The normalized spacial score (nSPS) is 11.2. The Kier molecular flexibility index (Phi) is 6.02. The third-order valence-electron chi connectivity index (χ3n) is 4.07. The van der Waals surface area contributed by atoms with Crippen molar-refractivity contribution in [1.29, 1.82) is 0 Å². The van der Waals surface area contributed by atoms with Crippen molar-refractivity contribution >= 4 is 28.7 Å². The molecular formula is C19H24N2O5. The molecule has 7 nitrogen and oxygen atoms in total. The van der Waals surface area contributed by atoms with E-state index < -0.39 is 23.4 Å². The fourth-order valence-corrected chi connectivity index (χ4v) is 3.04. The molecule has 0 aliphatic rings. The van der Waals surface area contributed by atoms with Gasteiger partial charge < -0.3 is 19.4 Å². The molecule has 0 fully saturated rings. The summed E-state index contributed by atoms with van der Waals surface area (Å²) in [4.78, 5) is 37.2. The van der Waals surface area contributed by atoms with Crippen LogP contribution in [0.2, 0.25) is 0 Å². The Bertz CT molecular complexity index is 806. The van der Waals surface area contributed by atoms with E-state index in [1.165, 1.54) is 6.92 Å². The highest BCUT2D eigenvalue weighted by Gasteiger charge is 2.50. The number of hydrogen-bond acceptors (Lipinski definition) is 5. The van der Waals surface area contributed by atoms with Crippen LogP contribution in [0.5, 0.6) is 0 Å². The fraction of sp³-hybridized carbons (Fsp3) is 0.421. The van der Waals surface area contributed by atoms with Gasteiger partial charge in [-0.05, 0) is 25.5 Å². The Labute approximate surface area is 152 Å². The molecule has 0 aliphatic heterocycles. The van der Waals surface area contributed by atoms with Crippen molar-refractivity contribution in [3.8, 4) is 0 Å². The molecule has 0 spiro atoms. The average molecular weight is 360 g/mol. The molecule has 1 amide bonds. The van der Waals surface area contributed by atoms with Crippen LogP contribution in [0.1, 0.15) is 26.3 Å². The predicted molar refractivity (Wildman–Crippen MR) is 96.4 cm³/mol. The minimum atomic E-state index is -1.93. The number of nitrogens with zero attached hydrogens (tertiary/aromatic N) is 1. The highest BCUT2D eigenvalue weighted by molar-refractivity contribution is 6.08. The topological polar surface area (TPSA) is 86.6 Å². The van der Waals surface area contributed by atoms with Crippen molar-refractivity contribution in [1.82, 2.24) is 9.88 Å². The van der Waals surface area contributed by atoms with Crippen molar-refractivity contribution in [2.45, 2.75) is 32.7 Å². The van der Waals surface area contributed by atoms with Crippen molar-refractivity contribution in [3.63, 3.8) is 0 Å². The number of aromatic nitrogens is 1. The zero-order valence-corrected chi connectivity index (χ0v) is 15.5. The van der Waals surface area contributed by atoms with Crippen LogP contribution in [0.3, 0.4) is 0 Å². The largest absolute Gasteiger partial charge is 0.464 e. The second-order valence-corrected chi connectivity index (χ2v) is 5.99. The first-order chi connectivity index (χ1) is 12.4. The summed E-state index contributed by atoms with van der Waals surface area (Å²) in [6, 6.07) is 7.62. The van der Waals surface area contributed by atoms with E-state index in [2.05, 4.69) is 5.32 Å². The highest BCUT2D eigenvalue weighted by Crippen LogP contribution is 2.26. The Morgan fingerprint density at radius 2 is 1.65 bits per heavy atom. The van der Waals surface area contributed by atoms with E-state index in [9.17, 15) is 14.4 Å². The number of nitrogens with one attached hydrogen (secondary N) is 1. The number of benzene rings is 1. The van der Waals surface area contributed by atoms with Gasteiger partial charge in [-0.3, -0.25) is 4.79 Å². The summed E-state index contributed by atoms with van der Waals surface area (Å²) in [7, 11) is 1.88. The standard InChI is InChI=1S/C19H24N2O5/c1-5-25-17(23)19(20-13(3)22,18(24)26-6-2)11-14-12-21(4)16-10-8-7-9-15(14)16/h7-10,12H,5-6,11H2,1-4H3,(H,20,22). The van der Waals surface area contributed by atoms with Crippen molar-refractivity contribution in [2.24, 2.45) is 7.05 Å². The quantitative estimate of drug-likeness (QED) is 0.600. The van der Waals surface area contributed by atoms with Gasteiger partial charge in [-0.1, -0.05) is 18.2 Å². The first-order valence-electron chi connectivity index (χ1n) is 8.51. The van der Waals surface area contributed by atoms with Gasteiger partial charge in [-0.2, -0.15) is 0 Å². The summed E-state index contributed by atoms with van der Waals surface area (Å²) < 4.78 is 12.1. The lowest BCUT2D eigenvalue weighted by Gasteiger charge is -2.29. The van der Waals surface area contributed by atoms with Gasteiger partial charge in [0.15, 0.2) is 0 Å². The minimum absolute atomic E-state index is 0.0639. The molecule has 2 aromatic rings. The molecule has 2 rings (SSSR count). The number of fused-ring (bicyclic) bond motifs is 1. The van der Waals surface area contributed by atoms with Crippen molar-refractivity contribution in [2.75, 3.05) is 13.2 Å². The predicted octanol–water partition coefficient (Wildman–Crippen LogP) is 1.72. The Morgan fingerprint density at radius 3 is 2.19 bits per heavy atom. The number of carbonyl (C=O) groups excluding carboxylic acids is 3. The summed E-state index contributed by atoms with van der Waals surface area (Å²) in [6.45, 7) is 4.68. The number of aryl methyl sites for hydroxylation is 1. The Morgan fingerprint density at radius 1 is 1.08 bits per heavy atom. The lowest BCUT2D eigenvalue weighted by molar-refractivity contribution is -0.167. The monoisotopic (exact) mass is 360 g/mol. The van der Waals surface area contributed by atoms with Gasteiger partial charge >= 0.3 is 11.9 Å².